The predicted octanol–water partition coefficient (Wildman–Crippen LogP) is 1.87. The first-order valence-corrected chi connectivity index (χ1v) is 8.95. The van der Waals surface area contributed by atoms with Crippen LogP contribution in [0, 0.1) is 16.0 Å². The zero-order valence-electron chi connectivity index (χ0n) is 14.8. The van der Waals surface area contributed by atoms with Crippen molar-refractivity contribution in [2.24, 2.45) is 5.92 Å². The molecule has 2 amide bonds. The monoisotopic (exact) mass is 375 g/mol. The number of carbonyl (C=O) groups excluding carboxylic acids is 3. The third-order valence-electron chi connectivity index (χ3n) is 4.98. The highest BCUT2D eigenvalue weighted by atomic mass is 16.6. The number of benzene rings is 1. The number of nitro groups is 1. The molecule has 2 aliphatic rings. The molecule has 1 aromatic carbocycles. The van der Waals surface area contributed by atoms with Crippen LogP contribution in [0.15, 0.2) is 24.3 Å². The number of esters is 1. The summed E-state index contributed by atoms with van der Waals surface area (Å²) in [6.07, 6.45) is 4.21. The Morgan fingerprint density at radius 1 is 1.26 bits per heavy atom. The first-order valence-electron chi connectivity index (χ1n) is 8.95. The van der Waals surface area contributed by atoms with E-state index in [-0.39, 0.29) is 29.7 Å². The number of nitro benzene ring substituents is 1. The minimum absolute atomic E-state index is 0.0343. The molecular weight excluding hydrogens is 354 g/mol. The number of rotatable bonds is 6. The minimum atomic E-state index is -0.672. The summed E-state index contributed by atoms with van der Waals surface area (Å²) in [6, 6.07) is 5.91. The van der Waals surface area contributed by atoms with E-state index in [9.17, 15) is 24.5 Å². The zero-order chi connectivity index (χ0) is 19.4. The number of amides is 2. The molecule has 1 atom stereocenters. The summed E-state index contributed by atoms with van der Waals surface area (Å²) >= 11 is 0. The van der Waals surface area contributed by atoms with Crippen molar-refractivity contribution in [1.82, 2.24) is 4.90 Å². The average molecular weight is 375 g/mol. The van der Waals surface area contributed by atoms with Crippen LogP contribution in [0.2, 0.25) is 0 Å². The summed E-state index contributed by atoms with van der Waals surface area (Å²) in [4.78, 5) is 48.4. The highest BCUT2D eigenvalue weighted by Gasteiger charge is 2.39. The lowest BCUT2D eigenvalue weighted by Crippen LogP contribution is -2.35. The van der Waals surface area contributed by atoms with Crippen molar-refractivity contribution in [3.05, 3.63) is 34.4 Å². The lowest BCUT2D eigenvalue weighted by Gasteiger charge is -2.23. The third-order valence-corrected chi connectivity index (χ3v) is 4.98. The molecule has 1 saturated carbocycles. The van der Waals surface area contributed by atoms with Crippen molar-refractivity contribution in [3.63, 3.8) is 0 Å². The molecular formula is C18H21N3O6. The Morgan fingerprint density at radius 3 is 2.67 bits per heavy atom. The van der Waals surface area contributed by atoms with Crippen LogP contribution in [0.1, 0.15) is 32.1 Å². The van der Waals surface area contributed by atoms with Gasteiger partial charge in [0.05, 0.1) is 10.8 Å². The van der Waals surface area contributed by atoms with Gasteiger partial charge in [0.1, 0.15) is 5.69 Å². The average Bonchev–Trinajstić information content (AvgIpc) is 3.29. The van der Waals surface area contributed by atoms with Gasteiger partial charge < -0.3 is 15.0 Å². The van der Waals surface area contributed by atoms with Gasteiger partial charge in [-0.15, -0.1) is 0 Å². The molecule has 0 spiro atoms. The Morgan fingerprint density at radius 2 is 1.96 bits per heavy atom. The second-order valence-electron chi connectivity index (χ2n) is 6.82. The van der Waals surface area contributed by atoms with Gasteiger partial charge in [-0.3, -0.25) is 24.5 Å². The van der Waals surface area contributed by atoms with Gasteiger partial charge in [-0.05, 0) is 18.9 Å². The fourth-order valence-electron chi connectivity index (χ4n) is 3.64. The molecule has 1 heterocycles. The summed E-state index contributed by atoms with van der Waals surface area (Å²) in [6.45, 7) is -0.229. The molecule has 1 aliphatic carbocycles. The number of nitrogens with zero attached hydrogens (tertiary/aromatic N) is 2. The minimum Gasteiger partial charge on any atom is -0.455 e. The van der Waals surface area contributed by atoms with Gasteiger partial charge in [-0.1, -0.05) is 25.0 Å². The van der Waals surface area contributed by atoms with Crippen molar-refractivity contribution < 1.29 is 24.0 Å². The molecule has 3 rings (SSSR count). The summed E-state index contributed by atoms with van der Waals surface area (Å²) in [5.74, 6) is -1.89. The molecule has 0 aromatic heterocycles. The fourth-order valence-corrected chi connectivity index (χ4v) is 3.64. The first-order chi connectivity index (χ1) is 13.0. The van der Waals surface area contributed by atoms with Crippen molar-refractivity contribution in [2.75, 3.05) is 18.5 Å². The number of para-hydroxylation sites is 2. The maximum Gasteiger partial charge on any atom is 0.311 e. The lowest BCUT2D eigenvalue weighted by molar-refractivity contribution is -0.383. The smallest absolute Gasteiger partial charge is 0.311 e. The van der Waals surface area contributed by atoms with E-state index in [0.717, 1.165) is 25.7 Å². The molecule has 1 saturated heterocycles. The van der Waals surface area contributed by atoms with Gasteiger partial charge in [0.25, 0.3) is 11.6 Å². The molecule has 144 valence electrons. The van der Waals surface area contributed by atoms with Gasteiger partial charge in [-0.2, -0.15) is 0 Å². The third kappa shape index (κ3) is 4.42. The molecule has 9 nitrogen and oxygen atoms in total. The standard InChI is InChI=1S/C18H21N3O6/c22-16(19-14-7-3-4-8-15(14)21(25)26)11-27-18(24)12-9-17(23)20(10-12)13-5-1-2-6-13/h3-4,7-8,12-13H,1-2,5-6,9-11H2,(H,19,22)/t12-/m0/s1. The van der Waals surface area contributed by atoms with E-state index in [1.807, 2.05) is 0 Å². The van der Waals surface area contributed by atoms with Crippen LogP contribution in [0.25, 0.3) is 0 Å². The summed E-state index contributed by atoms with van der Waals surface area (Å²) in [5.41, 5.74) is -0.210. The number of hydrogen-bond donors (Lipinski definition) is 1. The van der Waals surface area contributed by atoms with E-state index < -0.39 is 29.3 Å². The fraction of sp³-hybridized carbons (Fsp3) is 0.500. The normalized spacial score (nSPS) is 19.9. The van der Waals surface area contributed by atoms with E-state index in [1.54, 1.807) is 11.0 Å². The van der Waals surface area contributed by atoms with E-state index >= 15 is 0 Å². The molecule has 9 heteroatoms. The van der Waals surface area contributed by atoms with Crippen LogP contribution in [-0.2, 0) is 19.1 Å². The highest BCUT2D eigenvalue weighted by Crippen LogP contribution is 2.30. The first kappa shape index (κ1) is 18.8. The predicted molar refractivity (Wildman–Crippen MR) is 94.8 cm³/mol. The largest absolute Gasteiger partial charge is 0.455 e. The van der Waals surface area contributed by atoms with Crippen LogP contribution in [0.3, 0.4) is 0 Å². The maximum atomic E-state index is 12.2. The second-order valence-corrected chi connectivity index (χ2v) is 6.82. The van der Waals surface area contributed by atoms with Crippen LogP contribution in [0.5, 0.6) is 0 Å². The van der Waals surface area contributed by atoms with Gasteiger partial charge in [-0.25, -0.2) is 0 Å². The number of carbonyl (C=O) groups is 3. The van der Waals surface area contributed by atoms with Crippen molar-refractivity contribution >= 4 is 29.2 Å². The Balaban J connectivity index is 1.50. The molecule has 0 bridgehead atoms. The van der Waals surface area contributed by atoms with E-state index in [0.29, 0.717) is 6.54 Å². The van der Waals surface area contributed by atoms with Gasteiger partial charge in [0.15, 0.2) is 6.61 Å². The number of hydrogen-bond acceptors (Lipinski definition) is 6. The Hall–Kier alpha value is -2.97. The molecule has 1 aliphatic heterocycles. The van der Waals surface area contributed by atoms with E-state index in [1.165, 1.54) is 18.2 Å². The van der Waals surface area contributed by atoms with Gasteiger partial charge in [0, 0.05) is 25.1 Å². The lowest BCUT2D eigenvalue weighted by atomic mass is 10.1. The summed E-state index contributed by atoms with van der Waals surface area (Å²) < 4.78 is 5.02. The topological polar surface area (TPSA) is 119 Å². The summed E-state index contributed by atoms with van der Waals surface area (Å²) in [5, 5.41) is 13.3. The van der Waals surface area contributed by atoms with Crippen molar-refractivity contribution in [1.29, 1.82) is 0 Å². The number of anilines is 1. The van der Waals surface area contributed by atoms with Gasteiger partial charge in [0.2, 0.25) is 5.91 Å². The van der Waals surface area contributed by atoms with Crippen LogP contribution >= 0.6 is 0 Å². The SMILES string of the molecule is O=C(COC(=O)[C@H]1CC(=O)N(C2CCCC2)C1)Nc1ccccc1[N+](=O)[O-]. The molecule has 1 N–H and O–H groups in total. The second kappa shape index (κ2) is 8.15. The quantitative estimate of drug-likeness (QED) is 0.460. The van der Waals surface area contributed by atoms with E-state index in [2.05, 4.69) is 5.32 Å². The van der Waals surface area contributed by atoms with Crippen LogP contribution in [-0.4, -0.2) is 46.8 Å². The Bertz CT molecular complexity index is 759. The van der Waals surface area contributed by atoms with Crippen LogP contribution in [0.4, 0.5) is 11.4 Å². The molecule has 2 fully saturated rings. The highest BCUT2D eigenvalue weighted by molar-refractivity contribution is 5.95. The molecule has 0 radical (unpaired) electrons. The van der Waals surface area contributed by atoms with Crippen molar-refractivity contribution in [3.8, 4) is 0 Å². The zero-order valence-corrected chi connectivity index (χ0v) is 14.8. The molecule has 27 heavy (non-hydrogen) atoms. The van der Waals surface area contributed by atoms with Crippen LogP contribution < -0.4 is 5.32 Å². The van der Waals surface area contributed by atoms with E-state index in [4.69, 9.17) is 4.74 Å². The number of likely N-dealkylation sites (tertiary alicyclic amines) is 1. The maximum absolute atomic E-state index is 12.2. The Kier molecular flexibility index (Phi) is 5.68. The molecule has 0 unspecified atom stereocenters. The van der Waals surface area contributed by atoms with Crippen molar-refractivity contribution in [2.45, 2.75) is 38.1 Å². The molecule has 1 aromatic rings. The summed E-state index contributed by atoms with van der Waals surface area (Å²) in [7, 11) is 0. The number of ether oxygens (including phenoxy) is 1. The Labute approximate surface area is 155 Å². The number of nitrogens with one attached hydrogen (secondary N) is 1. The van der Waals surface area contributed by atoms with Gasteiger partial charge >= 0.3 is 5.97 Å².